The van der Waals surface area contributed by atoms with E-state index in [1.807, 2.05) is 13.8 Å². The minimum absolute atomic E-state index is 0.0276. The van der Waals surface area contributed by atoms with Crippen molar-refractivity contribution in [1.29, 1.82) is 0 Å². The Morgan fingerprint density at radius 1 is 1.50 bits per heavy atom. The van der Waals surface area contributed by atoms with E-state index in [1.54, 1.807) is 6.07 Å². The standard InChI is InChI=1S/C13H13ClFN3OS/c1-7(2)11-12(20-18-17-11)13(19)16-6-8-9(14)4-3-5-10(8)15/h3-5,7H,6H2,1-2H3,(H,16,19). The fraction of sp³-hybridized carbons (Fsp3) is 0.308. The second-order valence-electron chi connectivity index (χ2n) is 4.52. The summed E-state index contributed by atoms with van der Waals surface area (Å²) in [5.41, 5.74) is 0.915. The van der Waals surface area contributed by atoms with E-state index in [4.69, 9.17) is 11.6 Å². The van der Waals surface area contributed by atoms with Crippen LogP contribution in [-0.4, -0.2) is 15.5 Å². The number of halogens is 2. The Kier molecular flexibility index (Phi) is 4.67. The Bertz CT molecular complexity index is 610. The van der Waals surface area contributed by atoms with Crippen molar-refractivity contribution >= 4 is 29.0 Å². The summed E-state index contributed by atoms with van der Waals surface area (Å²) >= 11 is 6.94. The van der Waals surface area contributed by atoms with E-state index < -0.39 is 5.82 Å². The summed E-state index contributed by atoms with van der Waals surface area (Å²) in [5.74, 6) is -0.654. The Balaban J connectivity index is 2.11. The van der Waals surface area contributed by atoms with Gasteiger partial charge in [-0.25, -0.2) is 4.39 Å². The van der Waals surface area contributed by atoms with Gasteiger partial charge in [0, 0.05) is 17.1 Å². The zero-order valence-electron chi connectivity index (χ0n) is 11.0. The number of nitrogens with one attached hydrogen (secondary N) is 1. The smallest absolute Gasteiger partial charge is 0.265 e. The van der Waals surface area contributed by atoms with Crippen LogP contribution in [0.15, 0.2) is 18.2 Å². The third kappa shape index (κ3) is 3.13. The van der Waals surface area contributed by atoms with Crippen LogP contribution >= 0.6 is 23.1 Å². The van der Waals surface area contributed by atoms with E-state index in [9.17, 15) is 9.18 Å². The van der Waals surface area contributed by atoms with Gasteiger partial charge in [0.1, 0.15) is 10.7 Å². The molecule has 1 heterocycles. The number of aromatic nitrogens is 2. The molecule has 0 aliphatic heterocycles. The zero-order valence-corrected chi connectivity index (χ0v) is 12.6. The van der Waals surface area contributed by atoms with Gasteiger partial charge in [-0.3, -0.25) is 4.79 Å². The van der Waals surface area contributed by atoms with E-state index in [0.29, 0.717) is 10.6 Å². The lowest BCUT2D eigenvalue weighted by Crippen LogP contribution is -2.24. The molecule has 0 bridgehead atoms. The predicted molar refractivity (Wildman–Crippen MR) is 76.6 cm³/mol. The van der Waals surface area contributed by atoms with Crippen LogP contribution in [0.3, 0.4) is 0 Å². The number of amides is 1. The lowest BCUT2D eigenvalue weighted by Gasteiger charge is -2.08. The van der Waals surface area contributed by atoms with Gasteiger partial charge in [-0.2, -0.15) is 0 Å². The Labute approximate surface area is 125 Å². The molecule has 0 saturated heterocycles. The number of rotatable bonds is 4. The van der Waals surface area contributed by atoms with Gasteiger partial charge in [0.25, 0.3) is 5.91 Å². The Morgan fingerprint density at radius 2 is 2.25 bits per heavy atom. The molecular weight excluding hydrogens is 301 g/mol. The molecule has 0 unspecified atom stereocenters. The van der Waals surface area contributed by atoms with Crippen molar-refractivity contribution in [1.82, 2.24) is 14.9 Å². The summed E-state index contributed by atoms with van der Waals surface area (Å²) < 4.78 is 17.4. The summed E-state index contributed by atoms with van der Waals surface area (Å²) in [6.07, 6.45) is 0. The molecule has 1 amide bonds. The molecule has 0 fully saturated rings. The monoisotopic (exact) mass is 313 g/mol. The topological polar surface area (TPSA) is 54.9 Å². The average Bonchev–Trinajstić information content (AvgIpc) is 2.87. The number of hydrogen-bond donors (Lipinski definition) is 1. The first-order chi connectivity index (χ1) is 9.50. The molecule has 7 heteroatoms. The summed E-state index contributed by atoms with van der Waals surface area (Å²) in [6, 6.07) is 4.41. The van der Waals surface area contributed by atoms with Gasteiger partial charge >= 0.3 is 0 Å². The maximum Gasteiger partial charge on any atom is 0.265 e. The van der Waals surface area contributed by atoms with Gasteiger partial charge in [-0.1, -0.05) is 36.0 Å². The maximum absolute atomic E-state index is 13.6. The van der Waals surface area contributed by atoms with Gasteiger partial charge < -0.3 is 5.32 Å². The normalized spacial score (nSPS) is 10.8. The molecule has 0 saturated carbocycles. The van der Waals surface area contributed by atoms with Crippen molar-refractivity contribution in [2.24, 2.45) is 0 Å². The molecule has 4 nitrogen and oxygen atoms in total. The quantitative estimate of drug-likeness (QED) is 0.941. The highest BCUT2D eigenvalue weighted by Crippen LogP contribution is 2.21. The van der Waals surface area contributed by atoms with Crippen molar-refractivity contribution in [3.63, 3.8) is 0 Å². The van der Waals surface area contributed by atoms with Crippen LogP contribution in [-0.2, 0) is 6.54 Å². The molecular formula is C13H13ClFN3OS. The predicted octanol–water partition coefficient (Wildman–Crippen LogP) is 3.38. The lowest BCUT2D eigenvalue weighted by atomic mass is 10.1. The summed E-state index contributed by atoms with van der Waals surface area (Å²) in [7, 11) is 0. The van der Waals surface area contributed by atoms with E-state index in [2.05, 4.69) is 14.9 Å². The second-order valence-corrected chi connectivity index (χ2v) is 5.69. The lowest BCUT2D eigenvalue weighted by molar-refractivity contribution is 0.0953. The Morgan fingerprint density at radius 3 is 2.90 bits per heavy atom. The molecule has 1 aromatic heterocycles. The van der Waals surface area contributed by atoms with Crippen molar-refractivity contribution in [3.8, 4) is 0 Å². The largest absolute Gasteiger partial charge is 0.347 e. The molecule has 106 valence electrons. The first-order valence-electron chi connectivity index (χ1n) is 6.04. The number of carbonyl (C=O) groups is 1. The minimum Gasteiger partial charge on any atom is -0.347 e. The van der Waals surface area contributed by atoms with E-state index >= 15 is 0 Å². The first-order valence-corrected chi connectivity index (χ1v) is 7.19. The minimum atomic E-state index is -0.440. The van der Waals surface area contributed by atoms with Crippen molar-refractivity contribution in [2.45, 2.75) is 26.3 Å². The average molecular weight is 314 g/mol. The summed E-state index contributed by atoms with van der Waals surface area (Å²) in [4.78, 5) is 12.5. The summed E-state index contributed by atoms with van der Waals surface area (Å²) in [5, 5.41) is 6.87. The van der Waals surface area contributed by atoms with Gasteiger partial charge in [0.2, 0.25) is 0 Å². The van der Waals surface area contributed by atoms with E-state index in [0.717, 1.165) is 11.5 Å². The third-order valence-corrected chi connectivity index (χ3v) is 3.85. The van der Waals surface area contributed by atoms with Crippen LogP contribution in [0.25, 0.3) is 0 Å². The van der Waals surface area contributed by atoms with Crippen LogP contribution in [0.2, 0.25) is 5.02 Å². The van der Waals surface area contributed by atoms with Gasteiger partial charge in [-0.05, 0) is 29.6 Å². The molecule has 0 spiro atoms. The molecule has 2 aromatic rings. The fourth-order valence-electron chi connectivity index (χ4n) is 1.68. The van der Waals surface area contributed by atoms with Gasteiger partial charge in [0.05, 0.1) is 5.69 Å². The fourth-order valence-corrected chi connectivity index (χ4v) is 2.65. The molecule has 1 N–H and O–H groups in total. The van der Waals surface area contributed by atoms with Crippen molar-refractivity contribution in [2.75, 3.05) is 0 Å². The Hall–Kier alpha value is -1.53. The number of benzene rings is 1. The highest BCUT2D eigenvalue weighted by Gasteiger charge is 2.19. The molecule has 0 radical (unpaired) electrons. The van der Waals surface area contributed by atoms with E-state index in [-0.39, 0.29) is 29.0 Å². The van der Waals surface area contributed by atoms with Crippen molar-refractivity contribution in [3.05, 3.63) is 45.2 Å². The van der Waals surface area contributed by atoms with Crippen LogP contribution < -0.4 is 5.32 Å². The van der Waals surface area contributed by atoms with Crippen LogP contribution in [0.5, 0.6) is 0 Å². The molecule has 0 aliphatic rings. The van der Waals surface area contributed by atoms with Crippen LogP contribution in [0, 0.1) is 5.82 Å². The highest BCUT2D eigenvalue weighted by molar-refractivity contribution is 7.08. The number of carbonyl (C=O) groups excluding carboxylic acids is 1. The van der Waals surface area contributed by atoms with Crippen LogP contribution in [0.1, 0.15) is 40.7 Å². The molecule has 2 rings (SSSR count). The maximum atomic E-state index is 13.6. The first kappa shape index (κ1) is 14.9. The van der Waals surface area contributed by atoms with Gasteiger partial charge in [0.15, 0.2) is 0 Å². The highest BCUT2D eigenvalue weighted by atomic mass is 35.5. The van der Waals surface area contributed by atoms with Crippen molar-refractivity contribution < 1.29 is 9.18 Å². The third-order valence-electron chi connectivity index (χ3n) is 2.75. The molecule has 0 aliphatic carbocycles. The molecule has 20 heavy (non-hydrogen) atoms. The number of hydrogen-bond acceptors (Lipinski definition) is 4. The SMILES string of the molecule is CC(C)c1nnsc1C(=O)NCc1c(F)cccc1Cl. The van der Waals surface area contributed by atoms with Crippen LogP contribution in [0.4, 0.5) is 4.39 Å². The van der Waals surface area contributed by atoms with Gasteiger partial charge in [-0.15, -0.1) is 5.10 Å². The molecule has 1 aromatic carbocycles. The second kappa shape index (κ2) is 6.28. The van der Waals surface area contributed by atoms with E-state index in [1.165, 1.54) is 12.1 Å². The summed E-state index contributed by atoms with van der Waals surface area (Å²) in [6.45, 7) is 3.89. The molecule has 0 atom stereocenters. The zero-order chi connectivity index (χ0) is 14.7. The number of nitrogens with zero attached hydrogens (tertiary/aromatic N) is 2.